The van der Waals surface area contributed by atoms with Crippen molar-refractivity contribution < 1.29 is 9.18 Å². The highest BCUT2D eigenvalue weighted by Gasteiger charge is 2.14. The van der Waals surface area contributed by atoms with Crippen molar-refractivity contribution in [1.82, 2.24) is 9.97 Å². The highest BCUT2D eigenvalue weighted by Crippen LogP contribution is 2.25. The van der Waals surface area contributed by atoms with E-state index in [-0.39, 0.29) is 5.56 Å². The number of aryl methyl sites for hydroxylation is 1. The summed E-state index contributed by atoms with van der Waals surface area (Å²) in [5, 5.41) is 5.84. The van der Waals surface area contributed by atoms with Crippen molar-refractivity contribution in [3.05, 3.63) is 76.5 Å². The van der Waals surface area contributed by atoms with E-state index in [9.17, 15) is 9.18 Å². The molecule has 7 heteroatoms. The van der Waals surface area contributed by atoms with Gasteiger partial charge in [0.25, 0.3) is 5.91 Å². The maximum absolute atomic E-state index is 14.0. The largest absolute Gasteiger partial charge is 0.351 e. The van der Waals surface area contributed by atoms with Crippen LogP contribution in [-0.2, 0) is 0 Å². The van der Waals surface area contributed by atoms with Gasteiger partial charge in [0.05, 0.1) is 35.0 Å². The number of hydrogen-bond donors (Lipinski definition) is 2. The lowest BCUT2D eigenvalue weighted by atomic mass is 10.2. The van der Waals surface area contributed by atoms with E-state index in [0.29, 0.717) is 15.8 Å². The van der Waals surface area contributed by atoms with Gasteiger partial charge in [-0.2, -0.15) is 0 Å². The number of rotatable bonds is 4. The summed E-state index contributed by atoms with van der Waals surface area (Å²) in [5.74, 6) is -1.14. The number of nitrogens with zero attached hydrogens (tertiary/aromatic N) is 2. The molecule has 0 saturated heterocycles. The first-order valence-electron chi connectivity index (χ1n) is 7.43. The number of pyridine rings is 2. The zero-order valence-corrected chi connectivity index (χ0v) is 14.8. The normalized spacial score (nSPS) is 10.4. The van der Waals surface area contributed by atoms with E-state index in [1.807, 2.05) is 19.1 Å². The molecule has 0 fully saturated rings. The van der Waals surface area contributed by atoms with Gasteiger partial charge in [0, 0.05) is 16.4 Å². The van der Waals surface area contributed by atoms with Crippen LogP contribution in [0, 0.1) is 12.7 Å². The van der Waals surface area contributed by atoms with Crippen LogP contribution < -0.4 is 10.6 Å². The molecule has 0 bridgehead atoms. The maximum atomic E-state index is 14.0. The summed E-state index contributed by atoms with van der Waals surface area (Å²) in [4.78, 5) is 20.6. The van der Waals surface area contributed by atoms with Crippen molar-refractivity contribution in [1.29, 1.82) is 0 Å². The molecule has 2 heterocycles. The van der Waals surface area contributed by atoms with Gasteiger partial charge in [0.15, 0.2) is 0 Å². The zero-order chi connectivity index (χ0) is 17.8. The average molecular weight is 401 g/mol. The van der Waals surface area contributed by atoms with Crippen LogP contribution in [-0.4, -0.2) is 15.9 Å². The zero-order valence-electron chi connectivity index (χ0n) is 13.3. The summed E-state index contributed by atoms with van der Waals surface area (Å²) in [6, 6.07) is 9.66. The third kappa shape index (κ3) is 4.19. The minimum atomic E-state index is -0.599. The number of aromatic nitrogens is 2. The van der Waals surface area contributed by atoms with Gasteiger partial charge in [0.1, 0.15) is 5.82 Å². The molecule has 0 atom stereocenters. The fourth-order valence-electron chi connectivity index (χ4n) is 2.16. The van der Waals surface area contributed by atoms with Gasteiger partial charge >= 0.3 is 0 Å². The molecule has 0 aliphatic carbocycles. The number of amides is 1. The molecular formula is C18H14BrFN4O. The van der Waals surface area contributed by atoms with Crippen LogP contribution in [0.1, 0.15) is 16.1 Å². The van der Waals surface area contributed by atoms with E-state index in [2.05, 4.69) is 36.5 Å². The summed E-state index contributed by atoms with van der Waals surface area (Å²) in [6.45, 7) is 1.90. The fourth-order valence-corrected chi connectivity index (χ4v) is 2.50. The predicted octanol–water partition coefficient (Wildman–Crippen LogP) is 4.68. The van der Waals surface area contributed by atoms with Crippen LogP contribution in [0.5, 0.6) is 0 Å². The van der Waals surface area contributed by atoms with E-state index in [0.717, 1.165) is 11.4 Å². The number of carbonyl (C=O) groups excluding carboxylic acids is 1. The molecule has 2 aromatic heterocycles. The number of halogens is 2. The lowest BCUT2D eigenvalue weighted by molar-refractivity contribution is 0.102. The summed E-state index contributed by atoms with van der Waals surface area (Å²) in [5.41, 5.74) is 2.68. The monoisotopic (exact) mass is 400 g/mol. The smallest absolute Gasteiger partial charge is 0.258 e. The molecule has 5 nitrogen and oxygen atoms in total. The number of hydrogen-bond acceptors (Lipinski definition) is 4. The molecule has 1 amide bonds. The van der Waals surface area contributed by atoms with Crippen LogP contribution in [0.3, 0.4) is 0 Å². The second-order valence-corrected chi connectivity index (χ2v) is 6.23. The van der Waals surface area contributed by atoms with Crippen molar-refractivity contribution in [3.63, 3.8) is 0 Å². The third-order valence-electron chi connectivity index (χ3n) is 3.44. The Kier molecular flexibility index (Phi) is 5.04. The van der Waals surface area contributed by atoms with Gasteiger partial charge in [-0.05, 0) is 43.3 Å². The number of nitrogens with one attached hydrogen (secondary N) is 2. The minimum absolute atomic E-state index is 0.0389. The van der Waals surface area contributed by atoms with Gasteiger partial charge in [-0.15, -0.1) is 0 Å². The number of anilines is 3. The molecule has 3 aromatic rings. The van der Waals surface area contributed by atoms with Crippen LogP contribution in [0.2, 0.25) is 0 Å². The number of carbonyl (C=O) groups is 1. The van der Waals surface area contributed by atoms with Gasteiger partial charge in [-0.25, -0.2) is 4.39 Å². The standard InChI is InChI=1S/C18H14BrFN4O/c1-11-2-4-13(9-22-11)23-17-10-21-7-6-16(17)24-18(25)14-5-3-12(19)8-15(14)20/h2-10,23H,1H3,(H,21,24,25). The highest BCUT2D eigenvalue weighted by molar-refractivity contribution is 9.10. The topological polar surface area (TPSA) is 66.9 Å². The van der Waals surface area contributed by atoms with Gasteiger partial charge in [0.2, 0.25) is 0 Å². The molecule has 0 radical (unpaired) electrons. The molecule has 0 aliphatic rings. The second kappa shape index (κ2) is 7.40. The predicted molar refractivity (Wildman–Crippen MR) is 98.5 cm³/mol. The van der Waals surface area contributed by atoms with E-state index >= 15 is 0 Å². The summed E-state index contributed by atoms with van der Waals surface area (Å²) in [7, 11) is 0. The molecule has 0 saturated carbocycles. The molecular weight excluding hydrogens is 387 g/mol. The lowest BCUT2D eigenvalue weighted by Gasteiger charge is -2.13. The number of benzene rings is 1. The van der Waals surface area contributed by atoms with Crippen molar-refractivity contribution in [2.24, 2.45) is 0 Å². The van der Waals surface area contributed by atoms with Gasteiger partial charge < -0.3 is 10.6 Å². The lowest BCUT2D eigenvalue weighted by Crippen LogP contribution is -2.15. The molecule has 2 N–H and O–H groups in total. The van der Waals surface area contributed by atoms with E-state index in [4.69, 9.17) is 0 Å². The molecule has 1 aromatic carbocycles. The molecule has 0 unspecified atom stereocenters. The van der Waals surface area contributed by atoms with Crippen LogP contribution in [0.15, 0.2) is 59.5 Å². The molecule has 126 valence electrons. The molecule has 0 spiro atoms. The quantitative estimate of drug-likeness (QED) is 0.666. The van der Waals surface area contributed by atoms with Crippen molar-refractivity contribution in [2.45, 2.75) is 6.92 Å². The molecule has 3 rings (SSSR count). The maximum Gasteiger partial charge on any atom is 0.258 e. The molecule has 25 heavy (non-hydrogen) atoms. The Labute approximate surface area is 152 Å². The van der Waals surface area contributed by atoms with Gasteiger partial charge in [-0.1, -0.05) is 15.9 Å². The third-order valence-corrected chi connectivity index (χ3v) is 3.93. The first-order valence-corrected chi connectivity index (χ1v) is 8.22. The van der Waals surface area contributed by atoms with E-state index in [1.54, 1.807) is 30.7 Å². The summed E-state index contributed by atoms with van der Waals surface area (Å²) < 4.78 is 14.5. The van der Waals surface area contributed by atoms with Crippen molar-refractivity contribution >= 4 is 38.9 Å². The Hall–Kier alpha value is -2.80. The minimum Gasteiger partial charge on any atom is -0.351 e. The Morgan fingerprint density at radius 3 is 2.68 bits per heavy atom. The van der Waals surface area contributed by atoms with E-state index < -0.39 is 11.7 Å². The highest BCUT2D eigenvalue weighted by atomic mass is 79.9. The van der Waals surface area contributed by atoms with Crippen molar-refractivity contribution in [2.75, 3.05) is 10.6 Å². The van der Waals surface area contributed by atoms with Crippen LogP contribution in [0.25, 0.3) is 0 Å². The average Bonchev–Trinajstić information content (AvgIpc) is 2.58. The summed E-state index contributed by atoms with van der Waals surface area (Å²) in [6.07, 6.45) is 4.81. The molecule has 0 aliphatic heterocycles. The first kappa shape index (κ1) is 17.0. The Balaban J connectivity index is 1.83. The van der Waals surface area contributed by atoms with E-state index in [1.165, 1.54) is 12.1 Å². The second-order valence-electron chi connectivity index (χ2n) is 5.31. The fraction of sp³-hybridized carbons (Fsp3) is 0.0556. The summed E-state index contributed by atoms with van der Waals surface area (Å²) >= 11 is 3.17. The first-order chi connectivity index (χ1) is 12.0. The van der Waals surface area contributed by atoms with Gasteiger partial charge in [-0.3, -0.25) is 14.8 Å². The Morgan fingerprint density at radius 2 is 1.96 bits per heavy atom. The van der Waals surface area contributed by atoms with Crippen molar-refractivity contribution in [3.8, 4) is 0 Å². The van der Waals surface area contributed by atoms with Crippen LogP contribution >= 0.6 is 15.9 Å². The van der Waals surface area contributed by atoms with Crippen LogP contribution in [0.4, 0.5) is 21.5 Å². The Bertz CT molecular complexity index is 915. The Morgan fingerprint density at radius 1 is 1.12 bits per heavy atom. The SMILES string of the molecule is Cc1ccc(Nc2cnccc2NC(=O)c2ccc(Br)cc2F)cn1.